The third-order valence-corrected chi connectivity index (χ3v) is 30.9. The van der Waals surface area contributed by atoms with E-state index in [2.05, 4.69) is 127 Å². The molecule has 0 N–H and O–H groups in total. The van der Waals surface area contributed by atoms with Crippen molar-refractivity contribution in [2.45, 2.75) is 253 Å². The van der Waals surface area contributed by atoms with E-state index in [9.17, 15) is 57.5 Å². The standard InChI is InChI=1S/C17H21O2.C17H18O.C17H19O.C15H17O2.C14H15O2.C13H15O.C12H12O2.C10H10O.5Y/c1-5-17(9-8-12(3)18)10-15-13(4)11(2)6-7-14(15)16(17)19;1-10-3-4-13-14(11(10)2)9-17-6-5-12(8-17)16(18)7-15(13)17;1-4-17-8-7-13(18)9-16(17)14-6-5-11(2)12(3)15(14)10-17;1-5-15(11(4)16)8-13-10(3)9(2)6-7-12(13)14(15)17;1-4-14(10(3)15)8-11-7-9(2)5-6-12(11)13(14)16;1-4-10-7-12-9(3)8(2)5-6-11(12)13(10)14;1-7-3-4-10-9(5-7)6-11(8(2)13)12(10)14;1-7-2-4-9-8(6-7)3-5-10(9)11;;;;;/h6-7H,1,5,8-10H2,2-4H3;3-4,7,12H,5-6,8-9H2,1-2H3;5-6,9H,1,4,7-8,10H2,2-3H3;6-7H,1,5,8H2,2-4H3;5-7H,1,4,8H2,2-3H3;5-6,10H,1,4,7H2,2-3H3;3-5,11H,6H2,1-2H3;2,4,6H,3,5H2,1H3;;;;;/q-1;;4*-1;;;;;;;. The second-order valence-corrected chi connectivity index (χ2v) is 38.5. The van der Waals surface area contributed by atoms with Crippen LogP contribution in [0.2, 0.25) is 0 Å². The van der Waals surface area contributed by atoms with Crippen LogP contribution >= 0.6 is 0 Å². The summed E-state index contributed by atoms with van der Waals surface area (Å²) in [5.74, 6) is 1.35. The van der Waals surface area contributed by atoms with Gasteiger partial charge in [0.15, 0.2) is 46.3 Å². The van der Waals surface area contributed by atoms with Gasteiger partial charge < -0.3 is 39.4 Å². The second kappa shape index (κ2) is 46.7. The molecule has 1 fully saturated rings. The molecule has 8 aromatic carbocycles. The van der Waals surface area contributed by atoms with Crippen LogP contribution in [-0.4, -0.2) is 69.4 Å². The van der Waals surface area contributed by atoms with E-state index in [4.69, 9.17) is 0 Å². The predicted molar refractivity (Wildman–Crippen MR) is 507 cm³/mol. The summed E-state index contributed by atoms with van der Waals surface area (Å²) >= 11 is 0. The Morgan fingerprint density at radius 1 is 0.386 bits per heavy atom. The van der Waals surface area contributed by atoms with Gasteiger partial charge in [0, 0.05) is 233 Å². The Hall–Kier alpha value is -5.20. The van der Waals surface area contributed by atoms with E-state index >= 15 is 0 Å². The molecule has 1 saturated carbocycles. The van der Waals surface area contributed by atoms with Gasteiger partial charge in [-0.1, -0.05) is 132 Å². The van der Waals surface area contributed by atoms with Crippen molar-refractivity contribution in [3.05, 3.63) is 323 Å². The number of aryl methyl sites for hydroxylation is 9. The largest absolute Gasteiger partial charge is 0.343 e. The summed E-state index contributed by atoms with van der Waals surface area (Å²) in [4.78, 5) is 142. The van der Waals surface area contributed by atoms with Gasteiger partial charge in [-0.3, -0.25) is 52.7 Å². The van der Waals surface area contributed by atoms with Crippen molar-refractivity contribution in [2.24, 2.45) is 44.8 Å². The van der Waals surface area contributed by atoms with Gasteiger partial charge in [0.2, 0.25) is 0 Å². The van der Waals surface area contributed by atoms with Crippen molar-refractivity contribution in [1.82, 2.24) is 0 Å². The zero-order valence-electron chi connectivity index (χ0n) is 81.0. The molecule has 11 aliphatic rings. The third kappa shape index (κ3) is 22.5. The SMILES string of the molecule is CC(=O)C1Cc2cc(C)ccc2C1=O.Cc1ccc2c(c1)CCC2=O.Cc1ccc2c(c1C)CC13CCC(C1)C(=O)C=C23.[CH2-]CC1(C(C)=O)Cc2c(ccc(C)c2C)C1=O.[CH2-]CC1(C(C)=O)Cc2cc(C)ccc2C1=O.[CH2-]CC1(CCC(C)=O)Cc2c(ccc(C)c2C)C1=O.[CH2-]CC12CCC(=O)C=C1c1ccc(C)c(C)c1C2.[CH2-]CC1Cc2c(ccc(C)c2C)C1=O.[Y].[Y].[Y].[Y].[Y]. The zero-order valence-corrected chi connectivity index (χ0v) is 95.2. The minimum atomic E-state index is -0.902. The first-order valence-corrected chi connectivity index (χ1v) is 45.6. The minimum absolute atomic E-state index is 0. The van der Waals surface area contributed by atoms with Gasteiger partial charge in [-0.25, -0.2) is 0 Å². The van der Waals surface area contributed by atoms with Crippen LogP contribution in [0.1, 0.15) is 301 Å². The van der Waals surface area contributed by atoms with E-state index in [1.165, 1.54) is 134 Å². The Bertz CT molecular complexity index is 5950. The summed E-state index contributed by atoms with van der Waals surface area (Å²) in [5.41, 5.74) is 34.4. The maximum absolute atomic E-state index is 12.7. The Balaban J connectivity index is 0.000000206. The van der Waals surface area contributed by atoms with Gasteiger partial charge >= 0.3 is 0 Å². The van der Waals surface area contributed by atoms with Crippen molar-refractivity contribution in [1.29, 1.82) is 0 Å². The molecule has 0 aromatic heterocycles. The molecule has 0 heterocycles. The van der Waals surface area contributed by atoms with E-state index in [1.54, 1.807) is 6.92 Å². The maximum atomic E-state index is 12.7. The molecule has 0 amide bonds. The molecule has 12 nitrogen and oxygen atoms in total. The molecule has 11 aliphatic carbocycles. The Morgan fingerprint density at radius 3 is 1.34 bits per heavy atom. The van der Waals surface area contributed by atoms with Gasteiger partial charge in [-0.2, -0.15) is 32.1 Å². The number of ketones is 12. The molecule has 0 aliphatic heterocycles. The molecule has 17 heteroatoms. The van der Waals surface area contributed by atoms with Crippen LogP contribution in [0.25, 0.3) is 11.1 Å². The number of carbonyl (C=O) groups is 12. The van der Waals surface area contributed by atoms with Crippen LogP contribution in [0.3, 0.4) is 0 Å². The van der Waals surface area contributed by atoms with Gasteiger partial charge in [-0.15, -0.1) is 0 Å². The van der Waals surface area contributed by atoms with Crippen molar-refractivity contribution in [2.75, 3.05) is 0 Å². The maximum Gasteiger partial charge on any atom is 0.174 e. The summed E-state index contributed by atoms with van der Waals surface area (Å²) in [6.07, 6.45) is 20.0. The quantitative estimate of drug-likeness (QED) is 0.0876. The van der Waals surface area contributed by atoms with E-state index in [0.717, 1.165) is 113 Å². The van der Waals surface area contributed by atoms with E-state index < -0.39 is 22.2 Å². The third-order valence-electron chi connectivity index (χ3n) is 30.9. The molecular formula is C115H127O12Y5-5. The molecule has 0 saturated heterocycles. The molecule has 19 rings (SSSR count). The summed E-state index contributed by atoms with van der Waals surface area (Å²) in [7, 11) is 0. The van der Waals surface area contributed by atoms with E-state index in [-0.39, 0.29) is 233 Å². The molecule has 1 spiro atoms. The van der Waals surface area contributed by atoms with Crippen LogP contribution in [0, 0.1) is 169 Å². The van der Waals surface area contributed by atoms with Crippen LogP contribution in [-0.2, 0) is 244 Å². The van der Waals surface area contributed by atoms with E-state index in [0.29, 0.717) is 105 Å². The molecule has 679 valence electrons. The summed E-state index contributed by atoms with van der Waals surface area (Å²) < 4.78 is 0. The normalized spacial score (nSPS) is 22.2. The van der Waals surface area contributed by atoms with Gasteiger partial charge in [-0.05, 0) is 347 Å². The van der Waals surface area contributed by atoms with Gasteiger partial charge in [0.1, 0.15) is 23.1 Å². The van der Waals surface area contributed by atoms with Crippen molar-refractivity contribution in [3.8, 4) is 0 Å². The first-order chi connectivity index (χ1) is 60.0. The van der Waals surface area contributed by atoms with Gasteiger partial charge in [0.25, 0.3) is 0 Å². The number of benzene rings is 8. The van der Waals surface area contributed by atoms with Gasteiger partial charge in [0.05, 0.1) is 16.7 Å². The fraction of sp³-hybridized carbons (Fsp3) is 0.400. The first-order valence-electron chi connectivity index (χ1n) is 45.6. The van der Waals surface area contributed by atoms with E-state index in [1.807, 2.05) is 125 Å². The zero-order chi connectivity index (χ0) is 92.8. The molecule has 8 unspecified atom stereocenters. The Kier molecular flexibility index (Phi) is 40.3. The summed E-state index contributed by atoms with van der Waals surface area (Å²) in [5, 5.41) is 0. The molecule has 132 heavy (non-hydrogen) atoms. The molecule has 2 bridgehead atoms. The van der Waals surface area contributed by atoms with Crippen LogP contribution < -0.4 is 0 Å². The number of Topliss-reactive ketones (excluding diaryl/α,β-unsaturated/α-hetero) is 10. The van der Waals surface area contributed by atoms with Crippen molar-refractivity contribution < 1.29 is 221 Å². The minimum Gasteiger partial charge on any atom is -0.343 e. The number of fused-ring (bicyclic) bond motifs is 12. The molecular weight excluding hydrogens is 2020 g/mol. The predicted octanol–water partition coefficient (Wildman–Crippen LogP) is 23.4. The summed E-state index contributed by atoms with van der Waals surface area (Å²) in [6, 6.07) is 38.1. The van der Waals surface area contributed by atoms with Crippen LogP contribution in [0.15, 0.2) is 127 Å². The molecule has 5 radical (unpaired) electrons. The molecule has 8 aromatic rings. The fourth-order valence-corrected chi connectivity index (χ4v) is 21.5. The Labute approximate surface area is 911 Å². The van der Waals surface area contributed by atoms with Crippen molar-refractivity contribution in [3.63, 3.8) is 0 Å². The van der Waals surface area contributed by atoms with Crippen LogP contribution in [0.4, 0.5) is 0 Å². The number of rotatable bonds is 11. The Morgan fingerprint density at radius 2 is 0.833 bits per heavy atom. The summed E-state index contributed by atoms with van der Waals surface area (Å²) in [6.45, 7) is 52.8. The average Bonchev–Trinajstić information content (AvgIpc) is 1.55. The second-order valence-electron chi connectivity index (χ2n) is 38.5. The fourth-order valence-electron chi connectivity index (χ4n) is 21.5. The number of carbonyl (C=O) groups excluding carboxylic acids is 12. The number of allylic oxidation sites excluding steroid dienone is 4. The monoisotopic (exact) mass is 2140 g/mol. The van der Waals surface area contributed by atoms with Crippen molar-refractivity contribution >= 4 is 80.5 Å². The average molecular weight is 2150 g/mol. The van der Waals surface area contributed by atoms with Crippen LogP contribution in [0.5, 0.6) is 0 Å². The first kappa shape index (κ1) is 114. The smallest absolute Gasteiger partial charge is 0.174 e. The topological polar surface area (TPSA) is 205 Å². The number of hydrogen-bond acceptors (Lipinski definition) is 12. The number of hydrogen-bond donors (Lipinski definition) is 0. The molecule has 8 atom stereocenters.